The molecule has 1 N–H and O–H groups in total. The Kier molecular flexibility index (Phi) is 5.18. The lowest BCUT2D eigenvalue weighted by atomic mass is 10.0. The van der Waals surface area contributed by atoms with Gasteiger partial charge in [-0.2, -0.15) is 10.2 Å². The molecule has 3 rings (SSSR count). The van der Waals surface area contributed by atoms with E-state index < -0.39 is 0 Å². The predicted molar refractivity (Wildman–Crippen MR) is 86.7 cm³/mol. The summed E-state index contributed by atoms with van der Waals surface area (Å²) < 4.78 is 1.87. The van der Waals surface area contributed by atoms with E-state index in [0.29, 0.717) is 12.5 Å². The minimum Gasteiger partial charge on any atom is -0.366 e. The van der Waals surface area contributed by atoms with Gasteiger partial charge in [0.15, 0.2) is 0 Å². The number of nitrogens with one attached hydrogen (secondary N) is 1. The summed E-state index contributed by atoms with van der Waals surface area (Å²) >= 11 is 0. The fourth-order valence-electron chi connectivity index (χ4n) is 2.84. The minimum absolute atomic E-state index is 0.245. The van der Waals surface area contributed by atoms with Crippen LogP contribution < -0.4 is 5.32 Å². The molecule has 2 aromatic rings. The molecule has 0 atom stereocenters. The topological polar surface area (TPSA) is 75.9 Å². The summed E-state index contributed by atoms with van der Waals surface area (Å²) in [5.41, 5.74) is 0. The number of carbonyl (C=O) groups is 1. The highest BCUT2D eigenvalue weighted by Crippen LogP contribution is 2.15. The number of hydrogen-bond donors (Lipinski definition) is 1. The van der Waals surface area contributed by atoms with Crippen molar-refractivity contribution < 1.29 is 4.79 Å². The number of carbonyl (C=O) groups excluding carboxylic acids is 1. The van der Waals surface area contributed by atoms with E-state index >= 15 is 0 Å². The van der Waals surface area contributed by atoms with Crippen molar-refractivity contribution in [1.82, 2.24) is 24.9 Å². The summed E-state index contributed by atoms with van der Waals surface area (Å²) in [4.78, 5) is 14.2. The zero-order valence-corrected chi connectivity index (χ0v) is 13.1. The zero-order valence-electron chi connectivity index (χ0n) is 13.1. The Morgan fingerprint density at radius 1 is 1.26 bits per heavy atom. The lowest BCUT2D eigenvalue weighted by molar-refractivity contribution is -0.132. The molecule has 0 radical (unpaired) electrons. The number of anilines is 1. The highest BCUT2D eigenvalue weighted by atomic mass is 16.2. The van der Waals surface area contributed by atoms with Gasteiger partial charge in [-0.1, -0.05) is 0 Å². The molecule has 0 spiro atoms. The van der Waals surface area contributed by atoms with Crippen LogP contribution in [0.5, 0.6) is 0 Å². The zero-order chi connectivity index (χ0) is 15.9. The monoisotopic (exact) mass is 314 g/mol. The number of rotatable bonds is 6. The number of aromatic nitrogens is 4. The molecule has 1 saturated heterocycles. The molecule has 2 aromatic heterocycles. The normalized spacial score (nSPS) is 15.6. The third-order valence-corrected chi connectivity index (χ3v) is 4.11. The molecule has 0 aromatic carbocycles. The Bertz CT molecular complexity index is 592. The molecule has 0 saturated carbocycles. The van der Waals surface area contributed by atoms with E-state index in [-0.39, 0.29) is 5.91 Å². The Morgan fingerprint density at radius 2 is 2.13 bits per heavy atom. The second-order valence-electron chi connectivity index (χ2n) is 5.78. The van der Waals surface area contributed by atoms with Gasteiger partial charge >= 0.3 is 0 Å². The number of likely N-dealkylation sites (tertiary alicyclic amines) is 1. The van der Waals surface area contributed by atoms with Gasteiger partial charge in [0, 0.05) is 50.7 Å². The van der Waals surface area contributed by atoms with Gasteiger partial charge in [-0.3, -0.25) is 9.48 Å². The number of nitrogens with zero attached hydrogens (tertiary/aromatic N) is 5. The van der Waals surface area contributed by atoms with Crippen LogP contribution >= 0.6 is 0 Å². The first-order valence-electron chi connectivity index (χ1n) is 8.11. The molecule has 7 heteroatoms. The van der Waals surface area contributed by atoms with Crippen molar-refractivity contribution in [2.75, 3.05) is 18.4 Å². The smallest absolute Gasteiger partial charge is 0.222 e. The lowest BCUT2D eigenvalue weighted by Crippen LogP contribution is -2.42. The molecular formula is C16H22N6O. The largest absolute Gasteiger partial charge is 0.366 e. The molecule has 23 heavy (non-hydrogen) atoms. The van der Waals surface area contributed by atoms with Gasteiger partial charge in [0.2, 0.25) is 5.91 Å². The first kappa shape index (κ1) is 15.5. The van der Waals surface area contributed by atoms with Crippen LogP contribution in [0.4, 0.5) is 5.82 Å². The van der Waals surface area contributed by atoms with Crippen molar-refractivity contribution in [1.29, 1.82) is 0 Å². The molecule has 0 bridgehead atoms. The van der Waals surface area contributed by atoms with E-state index in [0.717, 1.165) is 44.7 Å². The van der Waals surface area contributed by atoms with Crippen molar-refractivity contribution in [2.45, 2.75) is 38.3 Å². The molecule has 3 heterocycles. The van der Waals surface area contributed by atoms with Crippen LogP contribution in [-0.2, 0) is 11.3 Å². The van der Waals surface area contributed by atoms with E-state index in [1.807, 2.05) is 34.0 Å². The van der Waals surface area contributed by atoms with Crippen molar-refractivity contribution in [3.05, 3.63) is 36.8 Å². The summed E-state index contributed by atoms with van der Waals surface area (Å²) in [7, 11) is 0. The number of aryl methyl sites for hydroxylation is 1. The molecular weight excluding hydrogens is 292 g/mol. The van der Waals surface area contributed by atoms with Crippen LogP contribution in [0.15, 0.2) is 36.8 Å². The number of hydrogen-bond acceptors (Lipinski definition) is 5. The van der Waals surface area contributed by atoms with Crippen molar-refractivity contribution in [3.63, 3.8) is 0 Å². The number of piperidine rings is 1. The van der Waals surface area contributed by atoms with Gasteiger partial charge in [0.1, 0.15) is 5.82 Å². The summed E-state index contributed by atoms with van der Waals surface area (Å²) in [6.07, 6.45) is 8.66. The van der Waals surface area contributed by atoms with E-state index in [2.05, 4.69) is 20.6 Å². The SMILES string of the molecule is O=C(CCCn1cccn1)N1CCC(Nc2cccnn2)CC1. The summed E-state index contributed by atoms with van der Waals surface area (Å²) in [5.74, 6) is 1.05. The predicted octanol–water partition coefficient (Wildman–Crippen LogP) is 1.56. The van der Waals surface area contributed by atoms with Gasteiger partial charge in [0.05, 0.1) is 0 Å². The first-order chi connectivity index (χ1) is 11.3. The van der Waals surface area contributed by atoms with Gasteiger partial charge in [-0.15, -0.1) is 5.10 Å². The molecule has 1 aliphatic rings. The number of amides is 1. The summed E-state index contributed by atoms with van der Waals surface area (Å²) in [6.45, 7) is 2.40. The molecule has 1 fully saturated rings. The third-order valence-electron chi connectivity index (χ3n) is 4.11. The minimum atomic E-state index is 0.245. The van der Waals surface area contributed by atoms with Crippen LogP contribution in [0.1, 0.15) is 25.7 Å². The molecule has 7 nitrogen and oxygen atoms in total. The standard InChI is InChI=1S/C16H22N6O/c23-16(5-2-10-22-11-3-9-18-22)21-12-6-14(7-13-21)19-15-4-1-8-17-20-15/h1,3-4,8-9,11,14H,2,5-7,10,12-13H2,(H,19,20). The third kappa shape index (κ3) is 4.51. The maximum absolute atomic E-state index is 12.2. The lowest BCUT2D eigenvalue weighted by Gasteiger charge is -2.32. The highest BCUT2D eigenvalue weighted by Gasteiger charge is 2.22. The molecule has 122 valence electrons. The maximum Gasteiger partial charge on any atom is 0.222 e. The summed E-state index contributed by atoms with van der Waals surface area (Å²) in [6, 6.07) is 6.05. The molecule has 0 unspecified atom stereocenters. The Balaban J connectivity index is 1.37. The van der Waals surface area contributed by atoms with Crippen LogP contribution in [0.25, 0.3) is 0 Å². The fourth-order valence-corrected chi connectivity index (χ4v) is 2.84. The second-order valence-corrected chi connectivity index (χ2v) is 5.78. The Morgan fingerprint density at radius 3 is 2.83 bits per heavy atom. The molecule has 0 aliphatic carbocycles. The highest BCUT2D eigenvalue weighted by molar-refractivity contribution is 5.76. The van der Waals surface area contributed by atoms with Crippen molar-refractivity contribution in [2.24, 2.45) is 0 Å². The Hall–Kier alpha value is -2.44. The van der Waals surface area contributed by atoms with Gasteiger partial charge in [-0.25, -0.2) is 0 Å². The van der Waals surface area contributed by atoms with Crippen molar-refractivity contribution in [3.8, 4) is 0 Å². The summed E-state index contributed by atoms with van der Waals surface area (Å²) in [5, 5.41) is 15.4. The van der Waals surface area contributed by atoms with Crippen LogP contribution in [-0.4, -0.2) is 49.9 Å². The average Bonchev–Trinajstić information content (AvgIpc) is 3.10. The van der Waals surface area contributed by atoms with E-state index in [9.17, 15) is 4.79 Å². The van der Waals surface area contributed by atoms with E-state index in [1.54, 1.807) is 12.4 Å². The quantitative estimate of drug-likeness (QED) is 0.875. The fraction of sp³-hybridized carbons (Fsp3) is 0.500. The van der Waals surface area contributed by atoms with Crippen molar-refractivity contribution >= 4 is 11.7 Å². The van der Waals surface area contributed by atoms with Crippen LogP contribution in [0.2, 0.25) is 0 Å². The van der Waals surface area contributed by atoms with Gasteiger partial charge in [-0.05, 0) is 37.5 Å². The Labute approximate surface area is 135 Å². The van der Waals surface area contributed by atoms with E-state index in [4.69, 9.17) is 0 Å². The molecule has 1 amide bonds. The first-order valence-corrected chi connectivity index (χ1v) is 8.11. The average molecular weight is 314 g/mol. The van der Waals surface area contributed by atoms with Gasteiger partial charge < -0.3 is 10.2 Å². The van der Waals surface area contributed by atoms with E-state index in [1.165, 1.54) is 0 Å². The van der Waals surface area contributed by atoms with Crippen LogP contribution in [0.3, 0.4) is 0 Å². The van der Waals surface area contributed by atoms with Gasteiger partial charge in [0.25, 0.3) is 0 Å². The maximum atomic E-state index is 12.2. The second kappa shape index (κ2) is 7.71. The van der Waals surface area contributed by atoms with Crippen LogP contribution in [0, 0.1) is 0 Å². The molecule has 1 aliphatic heterocycles.